The summed E-state index contributed by atoms with van der Waals surface area (Å²) in [5, 5.41) is 11.2. The van der Waals surface area contributed by atoms with Crippen LogP contribution < -0.4 is 0 Å². The molecule has 0 atom stereocenters. The smallest absolute Gasteiger partial charge is 0.139 e. The van der Waals surface area contributed by atoms with E-state index in [4.69, 9.17) is 0 Å². The van der Waals surface area contributed by atoms with Crippen LogP contribution in [0.3, 0.4) is 0 Å². The van der Waals surface area contributed by atoms with Crippen LogP contribution in [-0.4, -0.2) is 15.1 Å². The van der Waals surface area contributed by atoms with E-state index in [2.05, 4.69) is 9.97 Å². The lowest BCUT2D eigenvalue weighted by atomic mass is 9.95. The molecule has 4 aromatic rings. The third-order valence-corrected chi connectivity index (χ3v) is 4.36. The molecule has 0 aliphatic rings. The minimum atomic E-state index is -0.914. The fourth-order valence-corrected chi connectivity index (χ4v) is 3.12. The Labute approximate surface area is 152 Å². The molecule has 126 valence electrons. The van der Waals surface area contributed by atoms with Gasteiger partial charge in [-0.3, -0.25) is 9.97 Å². The molecular formula is C23H18N2O. The number of rotatable bonds is 4. The largest absolute Gasteiger partial charge is 0.380 e. The molecular weight excluding hydrogens is 320 g/mol. The summed E-state index contributed by atoms with van der Waals surface area (Å²) >= 11 is 0. The molecule has 0 unspecified atom stereocenters. The van der Waals surface area contributed by atoms with E-state index in [1.807, 2.05) is 84.9 Å². The van der Waals surface area contributed by atoms with E-state index < -0.39 is 6.10 Å². The van der Waals surface area contributed by atoms with E-state index in [1.165, 1.54) is 0 Å². The molecule has 2 heterocycles. The lowest BCUT2D eigenvalue weighted by Crippen LogP contribution is -2.08. The van der Waals surface area contributed by atoms with Crippen LogP contribution in [0.1, 0.15) is 17.5 Å². The van der Waals surface area contributed by atoms with Gasteiger partial charge in [0.1, 0.15) is 6.10 Å². The maximum atomic E-state index is 11.2. The summed E-state index contributed by atoms with van der Waals surface area (Å²) in [6.07, 6.45) is 2.49. The average Bonchev–Trinajstić information content (AvgIpc) is 2.74. The van der Waals surface area contributed by atoms with Gasteiger partial charge in [-0.25, -0.2) is 0 Å². The number of nitrogens with zero attached hydrogens (tertiary/aromatic N) is 2. The topological polar surface area (TPSA) is 46.0 Å². The van der Waals surface area contributed by atoms with E-state index in [1.54, 1.807) is 12.4 Å². The standard InChI is InChI=1S/C23H18N2O/c26-23(21-19(13-7-15-24-21)17-9-3-1-4-10-17)22-20(14-8-16-25-22)18-11-5-2-6-12-18/h1-16,23,26H. The molecule has 1 N–H and O–H groups in total. The average molecular weight is 338 g/mol. The van der Waals surface area contributed by atoms with Crippen molar-refractivity contribution in [2.75, 3.05) is 0 Å². The molecule has 26 heavy (non-hydrogen) atoms. The van der Waals surface area contributed by atoms with Crippen LogP contribution in [0.15, 0.2) is 97.3 Å². The highest BCUT2D eigenvalue weighted by Gasteiger charge is 2.21. The van der Waals surface area contributed by atoms with Crippen molar-refractivity contribution >= 4 is 0 Å². The lowest BCUT2D eigenvalue weighted by Gasteiger charge is -2.17. The predicted molar refractivity (Wildman–Crippen MR) is 103 cm³/mol. The van der Waals surface area contributed by atoms with Gasteiger partial charge in [0.05, 0.1) is 11.4 Å². The molecule has 3 nitrogen and oxygen atoms in total. The summed E-state index contributed by atoms with van der Waals surface area (Å²) in [5.41, 5.74) is 5.07. The first kappa shape index (κ1) is 16.2. The van der Waals surface area contributed by atoms with Crippen molar-refractivity contribution in [1.29, 1.82) is 0 Å². The molecule has 4 rings (SSSR count). The number of hydrogen-bond donors (Lipinski definition) is 1. The van der Waals surface area contributed by atoms with Crippen LogP contribution in [0, 0.1) is 0 Å². The van der Waals surface area contributed by atoms with Crippen molar-refractivity contribution in [2.24, 2.45) is 0 Å². The van der Waals surface area contributed by atoms with Gasteiger partial charge in [0.25, 0.3) is 0 Å². The van der Waals surface area contributed by atoms with Crippen LogP contribution in [0.5, 0.6) is 0 Å². The lowest BCUT2D eigenvalue weighted by molar-refractivity contribution is 0.211. The highest BCUT2D eigenvalue weighted by atomic mass is 16.3. The van der Waals surface area contributed by atoms with Crippen molar-refractivity contribution in [3.8, 4) is 22.3 Å². The zero-order valence-electron chi connectivity index (χ0n) is 14.2. The second-order valence-corrected chi connectivity index (χ2v) is 6.01. The second-order valence-electron chi connectivity index (χ2n) is 6.01. The van der Waals surface area contributed by atoms with E-state index >= 15 is 0 Å². The minimum absolute atomic E-state index is 0.606. The van der Waals surface area contributed by atoms with Crippen LogP contribution in [0.25, 0.3) is 22.3 Å². The summed E-state index contributed by atoms with van der Waals surface area (Å²) in [6.45, 7) is 0. The highest BCUT2D eigenvalue weighted by molar-refractivity contribution is 5.70. The van der Waals surface area contributed by atoms with E-state index in [0.29, 0.717) is 11.4 Å². The summed E-state index contributed by atoms with van der Waals surface area (Å²) in [4.78, 5) is 8.95. The minimum Gasteiger partial charge on any atom is -0.380 e. The first-order chi connectivity index (χ1) is 12.8. The quantitative estimate of drug-likeness (QED) is 0.576. The number of aliphatic hydroxyl groups is 1. The zero-order chi connectivity index (χ0) is 17.8. The second kappa shape index (κ2) is 7.30. The molecule has 0 saturated carbocycles. The number of aromatic nitrogens is 2. The summed E-state index contributed by atoms with van der Waals surface area (Å²) in [5.74, 6) is 0. The molecule has 3 heteroatoms. The molecule has 0 aliphatic heterocycles. The molecule has 2 aromatic carbocycles. The summed E-state index contributed by atoms with van der Waals surface area (Å²) < 4.78 is 0. The van der Waals surface area contributed by atoms with Crippen LogP contribution >= 0.6 is 0 Å². The molecule has 0 spiro atoms. The monoisotopic (exact) mass is 338 g/mol. The van der Waals surface area contributed by atoms with Crippen molar-refractivity contribution in [3.63, 3.8) is 0 Å². The maximum absolute atomic E-state index is 11.2. The molecule has 2 aromatic heterocycles. The van der Waals surface area contributed by atoms with Gasteiger partial charge in [-0.15, -0.1) is 0 Å². The SMILES string of the molecule is OC(c1ncccc1-c1ccccc1)c1ncccc1-c1ccccc1. The number of aliphatic hydroxyl groups excluding tert-OH is 1. The van der Waals surface area contributed by atoms with Gasteiger partial charge in [-0.1, -0.05) is 72.8 Å². The Hall–Kier alpha value is -3.30. The first-order valence-electron chi connectivity index (χ1n) is 8.53. The van der Waals surface area contributed by atoms with Gasteiger partial charge in [-0.05, 0) is 23.3 Å². The molecule has 0 aliphatic carbocycles. The van der Waals surface area contributed by atoms with E-state index in [0.717, 1.165) is 22.3 Å². The number of pyridine rings is 2. The molecule has 0 saturated heterocycles. The normalized spacial score (nSPS) is 10.8. The van der Waals surface area contributed by atoms with Crippen molar-refractivity contribution in [3.05, 3.63) is 109 Å². The van der Waals surface area contributed by atoms with E-state index in [9.17, 15) is 5.11 Å². The molecule has 0 bridgehead atoms. The third kappa shape index (κ3) is 3.13. The number of hydrogen-bond acceptors (Lipinski definition) is 3. The van der Waals surface area contributed by atoms with Gasteiger partial charge in [0.15, 0.2) is 0 Å². The zero-order valence-corrected chi connectivity index (χ0v) is 14.2. The maximum Gasteiger partial charge on any atom is 0.139 e. The highest BCUT2D eigenvalue weighted by Crippen LogP contribution is 2.33. The van der Waals surface area contributed by atoms with Crippen LogP contribution in [0.4, 0.5) is 0 Å². The van der Waals surface area contributed by atoms with E-state index in [-0.39, 0.29) is 0 Å². The molecule has 0 fully saturated rings. The fraction of sp³-hybridized carbons (Fsp3) is 0.0435. The van der Waals surface area contributed by atoms with Gasteiger partial charge in [0.2, 0.25) is 0 Å². The summed E-state index contributed by atoms with van der Waals surface area (Å²) in [6, 6.07) is 27.7. The fourth-order valence-electron chi connectivity index (χ4n) is 3.12. The van der Waals surface area contributed by atoms with Crippen molar-refractivity contribution in [1.82, 2.24) is 9.97 Å². The Morgan fingerprint density at radius 3 is 1.38 bits per heavy atom. The van der Waals surface area contributed by atoms with Crippen molar-refractivity contribution in [2.45, 2.75) is 6.10 Å². The molecule has 0 radical (unpaired) electrons. The summed E-state index contributed by atoms with van der Waals surface area (Å²) in [7, 11) is 0. The Morgan fingerprint density at radius 2 is 0.962 bits per heavy atom. The van der Waals surface area contributed by atoms with Gasteiger partial charge < -0.3 is 5.11 Å². The van der Waals surface area contributed by atoms with Crippen LogP contribution in [0.2, 0.25) is 0 Å². The third-order valence-electron chi connectivity index (χ3n) is 4.36. The first-order valence-corrected chi connectivity index (χ1v) is 8.53. The Morgan fingerprint density at radius 1 is 0.538 bits per heavy atom. The Kier molecular flexibility index (Phi) is 4.54. The van der Waals surface area contributed by atoms with Crippen molar-refractivity contribution < 1.29 is 5.11 Å². The van der Waals surface area contributed by atoms with Gasteiger partial charge in [-0.2, -0.15) is 0 Å². The van der Waals surface area contributed by atoms with Crippen LogP contribution in [-0.2, 0) is 0 Å². The number of benzene rings is 2. The Bertz CT molecular complexity index is 918. The van der Waals surface area contributed by atoms with Gasteiger partial charge in [0, 0.05) is 23.5 Å². The molecule has 0 amide bonds. The Balaban J connectivity index is 1.83. The van der Waals surface area contributed by atoms with Gasteiger partial charge >= 0.3 is 0 Å². The predicted octanol–water partition coefficient (Wildman–Crippen LogP) is 4.89.